The standard InChI is InChI=1S/C7H5F3.CH3.K/c1-4-2-5(8)7(10)6(9)3-4;;/h2-3H,1H3;1H3;/q;-1;+1. The third-order valence-electron chi connectivity index (χ3n) is 1.13. The molecule has 0 aliphatic rings. The van der Waals surface area contributed by atoms with E-state index < -0.39 is 17.5 Å². The second-order valence-electron chi connectivity index (χ2n) is 2.04. The van der Waals surface area contributed by atoms with E-state index in [-0.39, 0.29) is 58.8 Å². The summed E-state index contributed by atoms with van der Waals surface area (Å²) in [5.41, 5.74) is 0.372. The van der Waals surface area contributed by atoms with Crippen molar-refractivity contribution in [2.24, 2.45) is 0 Å². The van der Waals surface area contributed by atoms with Crippen LogP contribution in [-0.4, -0.2) is 0 Å². The summed E-state index contributed by atoms with van der Waals surface area (Å²) in [7, 11) is 0. The molecule has 0 fully saturated rings. The Morgan fingerprint density at radius 2 is 1.33 bits per heavy atom. The predicted octanol–water partition coefficient (Wildman–Crippen LogP) is -0.133. The van der Waals surface area contributed by atoms with Crippen LogP contribution in [0.4, 0.5) is 13.2 Å². The molecule has 0 N–H and O–H groups in total. The molecule has 0 aromatic heterocycles. The molecule has 62 valence electrons. The Kier molecular flexibility index (Phi) is 7.76. The summed E-state index contributed by atoms with van der Waals surface area (Å²) in [5.74, 6) is -3.69. The van der Waals surface area contributed by atoms with Crippen molar-refractivity contribution in [2.75, 3.05) is 0 Å². The predicted molar refractivity (Wildman–Crippen MR) is 37.5 cm³/mol. The smallest absolute Gasteiger partial charge is 0.358 e. The normalized spacial score (nSPS) is 8.33. The third kappa shape index (κ3) is 3.58. The number of hydrogen-bond donors (Lipinski definition) is 0. The zero-order valence-corrected chi connectivity index (χ0v) is 10.4. The maximum absolute atomic E-state index is 12.2. The average Bonchev–Trinajstić information content (AvgIpc) is 1.82. The quantitative estimate of drug-likeness (QED) is 0.311. The van der Waals surface area contributed by atoms with E-state index in [1.54, 1.807) is 0 Å². The van der Waals surface area contributed by atoms with Crippen molar-refractivity contribution in [2.45, 2.75) is 6.92 Å². The molecule has 0 amide bonds. The summed E-state index contributed by atoms with van der Waals surface area (Å²) >= 11 is 0. The van der Waals surface area contributed by atoms with Crippen LogP contribution in [0.2, 0.25) is 0 Å². The molecule has 0 nitrogen and oxygen atoms in total. The van der Waals surface area contributed by atoms with Gasteiger partial charge >= 0.3 is 51.4 Å². The topological polar surface area (TPSA) is 0 Å². The van der Waals surface area contributed by atoms with Crippen LogP contribution in [0.1, 0.15) is 5.56 Å². The molecule has 1 rings (SSSR count). The molecular weight excluding hydrogens is 192 g/mol. The summed E-state index contributed by atoms with van der Waals surface area (Å²) in [5, 5.41) is 0. The van der Waals surface area contributed by atoms with Gasteiger partial charge in [0.25, 0.3) is 0 Å². The van der Waals surface area contributed by atoms with E-state index in [1.807, 2.05) is 0 Å². The maximum Gasteiger partial charge on any atom is 1.00 e. The molecule has 0 radical (unpaired) electrons. The SMILES string of the molecule is Cc1cc(F)c(F)c(F)c1.[CH3-].[K+]. The van der Waals surface area contributed by atoms with Gasteiger partial charge in [0.05, 0.1) is 0 Å². The van der Waals surface area contributed by atoms with Gasteiger partial charge in [-0.3, -0.25) is 0 Å². The zero-order chi connectivity index (χ0) is 7.72. The third-order valence-corrected chi connectivity index (χ3v) is 1.13. The second kappa shape index (κ2) is 6.15. The molecule has 4 heteroatoms. The molecular formula is C8H8F3K. The Labute approximate surface area is 113 Å². The van der Waals surface area contributed by atoms with Gasteiger partial charge in [0.15, 0.2) is 17.5 Å². The van der Waals surface area contributed by atoms with E-state index in [1.165, 1.54) is 6.92 Å². The number of rotatable bonds is 0. The van der Waals surface area contributed by atoms with Crippen LogP contribution in [0.25, 0.3) is 0 Å². The van der Waals surface area contributed by atoms with Gasteiger partial charge in [-0.1, -0.05) is 0 Å². The minimum Gasteiger partial charge on any atom is -0.358 e. The molecule has 0 unspecified atom stereocenters. The van der Waals surface area contributed by atoms with Crippen molar-refractivity contribution < 1.29 is 64.6 Å². The Bertz CT molecular complexity index is 237. The largest absolute Gasteiger partial charge is 1.00 e. The van der Waals surface area contributed by atoms with Gasteiger partial charge in [-0.25, -0.2) is 13.2 Å². The van der Waals surface area contributed by atoms with Crippen molar-refractivity contribution in [3.63, 3.8) is 0 Å². The van der Waals surface area contributed by atoms with Crippen molar-refractivity contribution in [1.29, 1.82) is 0 Å². The molecule has 0 atom stereocenters. The van der Waals surface area contributed by atoms with Gasteiger partial charge in [-0.2, -0.15) is 0 Å². The fourth-order valence-corrected chi connectivity index (χ4v) is 0.682. The van der Waals surface area contributed by atoms with Crippen LogP contribution in [0.15, 0.2) is 12.1 Å². The van der Waals surface area contributed by atoms with Gasteiger partial charge in [0, 0.05) is 0 Å². The Morgan fingerprint density at radius 1 is 1.00 bits per heavy atom. The second-order valence-corrected chi connectivity index (χ2v) is 2.04. The van der Waals surface area contributed by atoms with Crippen molar-refractivity contribution >= 4 is 0 Å². The first-order valence-electron chi connectivity index (χ1n) is 2.72. The number of benzene rings is 1. The van der Waals surface area contributed by atoms with E-state index in [4.69, 9.17) is 0 Å². The van der Waals surface area contributed by atoms with E-state index in [9.17, 15) is 13.2 Å². The zero-order valence-electron chi connectivity index (χ0n) is 7.29. The molecule has 1 aromatic carbocycles. The molecule has 0 saturated heterocycles. The summed E-state index contributed by atoms with van der Waals surface area (Å²) in [6, 6.07) is 1.89. The Hall–Kier alpha value is 0.646. The first-order valence-corrected chi connectivity index (χ1v) is 2.72. The minimum absolute atomic E-state index is 0. The molecule has 0 spiro atoms. The van der Waals surface area contributed by atoms with E-state index in [0.717, 1.165) is 12.1 Å². The molecule has 0 saturated carbocycles. The fraction of sp³-hybridized carbons (Fsp3) is 0.125. The molecule has 0 aliphatic heterocycles. The van der Waals surface area contributed by atoms with E-state index >= 15 is 0 Å². The average molecular weight is 200 g/mol. The molecule has 12 heavy (non-hydrogen) atoms. The van der Waals surface area contributed by atoms with Crippen LogP contribution < -0.4 is 51.4 Å². The van der Waals surface area contributed by atoms with Gasteiger partial charge < -0.3 is 7.43 Å². The summed E-state index contributed by atoms with van der Waals surface area (Å²) < 4.78 is 36.6. The minimum atomic E-state index is -1.41. The van der Waals surface area contributed by atoms with Crippen LogP contribution >= 0.6 is 0 Å². The number of halogens is 3. The number of aryl methyl sites for hydroxylation is 1. The first-order chi connectivity index (χ1) is 4.61. The van der Waals surface area contributed by atoms with Gasteiger partial charge in [0.2, 0.25) is 0 Å². The van der Waals surface area contributed by atoms with Crippen molar-refractivity contribution in [3.8, 4) is 0 Å². The van der Waals surface area contributed by atoms with Crippen LogP contribution in [0.3, 0.4) is 0 Å². The van der Waals surface area contributed by atoms with E-state index in [2.05, 4.69) is 0 Å². The number of hydrogen-bond acceptors (Lipinski definition) is 0. The van der Waals surface area contributed by atoms with Crippen molar-refractivity contribution in [3.05, 3.63) is 42.6 Å². The van der Waals surface area contributed by atoms with Crippen LogP contribution in [-0.2, 0) is 0 Å². The van der Waals surface area contributed by atoms with Crippen LogP contribution in [0, 0.1) is 31.8 Å². The van der Waals surface area contributed by atoms with Crippen LogP contribution in [0.5, 0.6) is 0 Å². The molecule has 0 bridgehead atoms. The molecule has 1 aromatic rings. The molecule has 0 heterocycles. The Balaban J connectivity index is 0. The van der Waals surface area contributed by atoms with E-state index in [0.29, 0.717) is 5.56 Å². The van der Waals surface area contributed by atoms with Gasteiger partial charge in [0.1, 0.15) is 0 Å². The first kappa shape index (κ1) is 15.1. The van der Waals surface area contributed by atoms with Gasteiger partial charge in [-0.15, -0.1) is 0 Å². The van der Waals surface area contributed by atoms with Crippen molar-refractivity contribution in [1.82, 2.24) is 0 Å². The maximum atomic E-state index is 12.2. The molecule has 0 aliphatic carbocycles. The fourth-order valence-electron chi connectivity index (χ4n) is 0.682. The summed E-state index contributed by atoms with van der Waals surface area (Å²) in [6.45, 7) is 1.49. The monoisotopic (exact) mass is 200 g/mol. The summed E-state index contributed by atoms with van der Waals surface area (Å²) in [4.78, 5) is 0. The summed E-state index contributed by atoms with van der Waals surface area (Å²) in [6.07, 6.45) is 0. The van der Waals surface area contributed by atoms with Gasteiger partial charge in [-0.05, 0) is 24.6 Å². The Morgan fingerprint density at radius 3 is 1.67 bits per heavy atom.